The molecule has 0 rings (SSSR count). The van der Waals surface area contributed by atoms with Gasteiger partial charge in [0.15, 0.2) is 0 Å². The van der Waals surface area contributed by atoms with Crippen LogP contribution in [0.25, 0.3) is 0 Å². The second kappa shape index (κ2) is 22.0. The van der Waals surface area contributed by atoms with E-state index in [1.807, 2.05) is 0 Å². The van der Waals surface area contributed by atoms with Crippen LogP contribution in [-0.2, 0) is 9.59 Å². The number of aliphatic carboxylic acids is 2. The third-order valence-electron chi connectivity index (χ3n) is 5.45. The number of carbonyl (C=O) groups is 2. The molecule has 1 unspecified atom stereocenters. The van der Waals surface area contributed by atoms with Gasteiger partial charge < -0.3 is 10.2 Å². The molecule has 0 heterocycles. The highest BCUT2D eigenvalue weighted by Crippen LogP contribution is 2.19. The van der Waals surface area contributed by atoms with Crippen LogP contribution in [0.4, 0.5) is 0 Å². The van der Waals surface area contributed by atoms with Crippen molar-refractivity contribution < 1.29 is 19.8 Å². The largest absolute Gasteiger partial charge is 0.481 e. The van der Waals surface area contributed by atoms with E-state index in [0.717, 1.165) is 18.6 Å². The molecule has 0 spiro atoms. The molecule has 0 aliphatic carbocycles. The molecule has 0 radical (unpaired) electrons. The van der Waals surface area contributed by atoms with Gasteiger partial charge in [-0.3, -0.25) is 9.59 Å². The summed E-state index contributed by atoms with van der Waals surface area (Å²) in [6.07, 6.45) is 23.8. The van der Waals surface area contributed by atoms with E-state index in [9.17, 15) is 9.59 Å². The molecule has 0 aromatic rings. The lowest BCUT2D eigenvalue weighted by Gasteiger charge is -2.09. The SMILES string of the molecule is CCCCCCCCCCCCCCCCCCCCSC(CC(=O)O)C(=O)O. The van der Waals surface area contributed by atoms with E-state index >= 15 is 0 Å². The third-order valence-corrected chi connectivity index (χ3v) is 6.75. The second-order valence-corrected chi connectivity index (χ2v) is 9.62. The van der Waals surface area contributed by atoms with Crippen molar-refractivity contribution >= 4 is 23.7 Å². The fraction of sp³-hybridized carbons (Fsp3) is 0.917. The van der Waals surface area contributed by atoms with Gasteiger partial charge in [-0.1, -0.05) is 116 Å². The molecule has 0 amide bonds. The number of hydrogen-bond donors (Lipinski definition) is 2. The summed E-state index contributed by atoms with van der Waals surface area (Å²) >= 11 is 1.27. The number of carboxylic acid groups (broad SMARTS) is 2. The molecule has 0 saturated carbocycles. The molecule has 0 bridgehead atoms. The van der Waals surface area contributed by atoms with E-state index in [4.69, 9.17) is 10.2 Å². The van der Waals surface area contributed by atoms with Gasteiger partial charge in [-0.05, 0) is 12.2 Å². The fourth-order valence-corrected chi connectivity index (χ4v) is 4.66. The minimum Gasteiger partial charge on any atom is -0.481 e. The average Bonchev–Trinajstić information content (AvgIpc) is 2.68. The molecule has 29 heavy (non-hydrogen) atoms. The quantitative estimate of drug-likeness (QED) is 0.162. The van der Waals surface area contributed by atoms with Crippen molar-refractivity contribution in [1.29, 1.82) is 0 Å². The molecule has 0 aromatic heterocycles. The van der Waals surface area contributed by atoms with Crippen molar-refractivity contribution in [3.05, 3.63) is 0 Å². The molecular weight excluding hydrogens is 384 g/mol. The van der Waals surface area contributed by atoms with Crippen LogP contribution in [0.5, 0.6) is 0 Å². The Labute approximate surface area is 183 Å². The summed E-state index contributed by atoms with van der Waals surface area (Å²) < 4.78 is 0. The predicted octanol–water partition coefficient (Wildman–Crippen LogP) is 7.69. The first-order valence-electron chi connectivity index (χ1n) is 12.1. The number of carboxylic acids is 2. The maximum atomic E-state index is 11.0. The smallest absolute Gasteiger partial charge is 0.317 e. The van der Waals surface area contributed by atoms with Gasteiger partial charge in [-0.25, -0.2) is 0 Å². The van der Waals surface area contributed by atoms with Crippen molar-refractivity contribution in [3.8, 4) is 0 Å². The standard InChI is InChI=1S/C24H46O4S/c1-2-3-4-5-6-7-8-9-10-11-12-13-14-15-16-17-18-19-20-29-22(24(27)28)21-23(25)26/h22H,2-21H2,1H3,(H,25,26)(H,27,28). The Balaban J connectivity index is 3.22. The van der Waals surface area contributed by atoms with Gasteiger partial charge >= 0.3 is 11.9 Å². The lowest BCUT2D eigenvalue weighted by molar-refractivity contribution is -0.142. The summed E-state index contributed by atoms with van der Waals surface area (Å²) in [5.74, 6) is -1.31. The zero-order valence-electron chi connectivity index (χ0n) is 18.8. The Bertz CT molecular complexity index is 387. The summed E-state index contributed by atoms with van der Waals surface area (Å²) in [6.45, 7) is 2.27. The molecule has 0 aliphatic heterocycles. The Kier molecular flexibility index (Phi) is 21.4. The van der Waals surface area contributed by atoms with Crippen LogP contribution < -0.4 is 0 Å². The van der Waals surface area contributed by atoms with Crippen molar-refractivity contribution in [2.24, 2.45) is 0 Å². The first-order chi connectivity index (χ1) is 14.1. The van der Waals surface area contributed by atoms with E-state index in [1.54, 1.807) is 0 Å². The van der Waals surface area contributed by atoms with Crippen molar-refractivity contribution in [2.45, 2.75) is 134 Å². The summed E-state index contributed by atoms with van der Waals surface area (Å²) in [5.41, 5.74) is 0. The maximum Gasteiger partial charge on any atom is 0.317 e. The van der Waals surface area contributed by atoms with E-state index < -0.39 is 17.2 Å². The first kappa shape index (κ1) is 28.3. The molecule has 2 N–H and O–H groups in total. The lowest BCUT2D eigenvalue weighted by atomic mass is 10.0. The monoisotopic (exact) mass is 430 g/mol. The van der Waals surface area contributed by atoms with Gasteiger partial charge in [0.05, 0.1) is 6.42 Å². The molecule has 172 valence electrons. The highest BCUT2D eigenvalue weighted by Gasteiger charge is 2.20. The van der Waals surface area contributed by atoms with E-state index in [-0.39, 0.29) is 6.42 Å². The van der Waals surface area contributed by atoms with Crippen LogP contribution in [0, 0.1) is 0 Å². The molecule has 0 aromatic carbocycles. The number of unbranched alkanes of at least 4 members (excludes halogenated alkanes) is 17. The fourth-order valence-electron chi connectivity index (χ4n) is 3.61. The maximum absolute atomic E-state index is 11.0. The highest BCUT2D eigenvalue weighted by atomic mass is 32.2. The molecule has 0 saturated heterocycles. The lowest BCUT2D eigenvalue weighted by Crippen LogP contribution is -2.20. The molecule has 0 fully saturated rings. The second-order valence-electron chi connectivity index (χ2n) is 8.31. The number of hydrogen-bond acceptors (Lipinski definition) is 3. The molecule has 4 nitrogen and oxygen atoms in total. The van der Waals surface area contributed by atoms with Gasteiger partial charge in [0.1, 0.15) is 5.25 Å². The van der Waals surface area contributed by atoms with Crippen LogP contribution >= 0.6 is 11.8 Å². The third kappa shape index (κ3) is 21.8. The predicted molar refractivity (Wildman–Crippen MR) is 125 cm³/mol. The zero-order chi connectivity index (χ0) is 21.6. The number of thioether (sulfide) groups is 1. The van der Waals surface area contributed by atoms with E-state index in [2.05, 4.69) is 6.92 Å². The van der Waals surface area contributed by atoms with Gasteiger partial charge in [-0.2, -0.15) is 0 Å². The normalized spacial score (nSPS) is 12.2. The first-order valence-corrected chi connectivity index (χ1v) is 13.2. The topological polar surface area (TPSA) is 74.6 Å². The van der Waals surface area contributed by atoms with E-state index in [1.165, 1.54) is 114 Å². The van der Waals surface area contributed by atoms with Gasteiger partial charge in [0.2, 0.25) is 0 Å². The Morgan fingerprint density at radius 3 is 1.28 bits per heavy atom. The molecule has 5 heteroatoms. The van der Waals surface area contributed by atoms with Crippen molar-refractivity contribution in [1.82, 2.24) is 0 Å². The van der Waals surface area contributed by atoms with Gasteiger partial charge in [0, 0.05) is 0 Å². The van der Waals surface area contributed by atoms with Crippen molar-refractivity contribution in [2.75, 3.05) is 5.75 Å². The zero-order valence-corrected chi connectivity index (χ0v) is 19.7. The minimum atomic E-state index is -1.04. The summed E-state index contributed by atoms with van der Waals surface area (Å²) in [4.78, 5) is 21.6. The minimum absolute atomic E-state index is 0.293. The average molecular weight is 431 g/mol. The van der Waals surface area contributed by atoms with E-state index in [0.29, 0.717) is 0 Å². The van der Waals surface area contributed by atoms with Crippen LogP contribution in [0.15, 0.2) is 0 Å². The molecule has 0 aliphatic rings. The Morgan fingerprint density at radius 1 is 0.621 bits per heavy atom. The Hall–Kier alpha value is -0.710. The summed E-state index contributed by atoms with van der Waals surface area (Å²) in [5, 5.41) is 16.9. The van der Waals surface area contributed by atoms with Gasteiger partial charge in [0.25, 0.3) is 0 Å². The van der Waals surface area contributed by atoms with Crippen LogP contribution in [0.2, 0.25) is 0 Å². The molecule has 1 atom stereocenters. The van der Waals surface area contributed by atoms with Crippen LogP contribution in [0.3, 0.4) is 0 Å². The summed E-state index contributed by atoms with van der Waals surface area (Å²) in [7, 11) is 0. The summed E-state index contributed by atoms with van der Waals surface area (Å²) in [6, 6.07) is 0. The van der Waals surface area contributed by atoms with Crippen LogP contribution in [-0.4, -0.2) is 33.2 Å². The van der Waals surface area contributed by atoms with Crippen molar-refractivity contribution in [3.63, 3.8) is 0 Å². The van der Waals surface area contributed by atoms with Gasteiger partial charge in [-0.15, -0.1) is 11.8 Å². The molecular formula is C24H46O4S. The van der Waals surface area contributed by atoms with Crippen LogP contribution in [0.1, 0.15) is 129 Å². The highest BCUT2D eigenvalue weighted by molar-refractivity contribution is 8.00. The number of rotatable bonds is 23. The Morgan fingerprint density at radius 2 is 0.966 bits per heavy atom.